The van der Waals surface area contributed by atoms with Crippen LogP contribution in [-0.2, 0) is 0 Å². The lowest BCUT2D eigenvalue weighted by molar-refractivity contribution is 0.0990. The number of amides is 2. The second-order valence-corrected chi connectivity index (χ2v) is 3.06. The lowest BCUT2D eigenvalue weighted by Crippen LogP contribution is -2.40. The van der Waals surface area contributed by atoms with Crippen LogP contribution in [0.4, 0.5) is 4.79 Å². The van der Waals surface area contributed by atoms with E-state index in [2.05, 4.69) is 9.97 Å². The van der Waals surface area contributed by atoms with Crippen LogP contribution >= 0.6 is 0 Å². The maximum absolute atomic E-state index is 10.3. The van der Waals surface area contributed by atoms with E-state index in [1.807, 2.05) is 0 Å². The van der Waals surface area contributed by atoms with E-state index in [0.717, 1.165) is 19.5 Å². The van der Waals surface area contributed by atoms with E-state index >= 15 is 0 Å². The monoisotopic (exact) mass is 224 g/mol. The second kappa shape index (κ2) is 5.64. The van der Waals surface area contributed by atoms with Gasteiger partial charge in [0.05, 0.1) is 0 Å². The quantitative estimate of drug-likeness (QED) is 0.694. The first-order valence-corrected chi connectivity index (χ1v) is 4.66. The van der Waals surface area contributed by atoms with Gasteiger partial charge in [-0.15, -0.1) is 0 Å². The van der Waals surface area contributed by atoms with E-state index in [1.165, 1.54) is 17.3 Å². The number of hydrogen-bond donors (Lipinski definition) is 2. The van der Waals surface area contributed by atoms with Gasteiger partial charge in [-0.05, 0) is 12.5 Å². The Morgan fingerprint density at radius 2 is 1.88 bits per heavy atom. The topological polar surface area (TPSA) is 109 Å². The molecule has 86 valence electrons. The Balaban J connectivity index is 0.000000165. The highest BCUT2D eigenvalue weighted by Crippen LogP contribution is 2.03. The average Bonchev–Trinajstić information content (AvgIpc) is 2.16. The van der Waals surface area contributed by atoms with Crippen molar-refractivity contribution in [3.8, 4) is 0 Å². The van der Waals surface area contributed by atoms with Crippen molar-refractivity contribution in [3.05, 3.63) is 24.3 Å². The van der Waals surface area contributed by atoms with E-state index in [1.54, 1.807) is 6.07 Å². The van der Waals surface area contributed by atoms with Gasteiger partial charge in [0.15, 0.2) is 0 Å². The molecule has 2 amide bonds. The number of hydrogen-bond acceptors (Lipinski definition) is 4. The molecular formula is C9H12N4O3. The van der Waals surface area contributed by atoms with E-state index < -0.39 is 12.0 Å². The Labute approximate surface area is 91.9 Å². The van der Waals surface area contributed by atoms with Gasteiger partial charge in [0.2, 0.25) is 5.82 Å². The highest BCUT2D eigenvalue weighted by molar-refractivity contribution is 5.88. The van der Waals surface area contributed by atoms with Gasteiger partial charge >= 0.3 is 6.09 Å². The van der Waals surface area contributed by atoms with Crippen molar-refractivity contribution in [3.63, 3.8) is 0 Å². The largest absolute Gasteiger partial charge is 0.465 e. The smallest absolute Gasteiger partial charge is 0.407 e. The van der Waals surface area contributed by atoms with E-state index in [-0.39, 0.29) is 5.82 Å². The van der Waals surface area contributed by atoms with Crippen LogP contribution in [0.2, 0.25) is 0 Å². The molecule has 0 aliphatic carbocycles. The summed E-state index contributed by atoms with van der Waals surface area (Å²) in [4.78, 5) is 28.8. The summed E-state index contributed by atoms with van der Waals surface area (Å²) in [6.45, 7) is 1.46. The molecule has 1 aliphatic rings. The summed E-state index contributed by atoms with van der Waals surface area (Å²) in [7, 11) is 0. The molecule has 0 radical (unpaired) electrons. The average molecular weight is 224 g/mol. The Hall–Kier alpha value is -2.18. The normalized spacial score (nSPS) is 13.1. The van der Waals surface area contributed by atoms with Gasteiger partial charge in [0.1, 0.15) is 0 Å². The second-order valence-electron chi connectivity index (χ2n) is 3.06. The molecule has 1 fully saturated rings. The number of carboxylic acid groups (broad SMARTS) is 1. The zero-order valence-corrected chi connectivity index (χ0v) is 8.54. The fourth-order valence-electron chi connectivity index (χ4n) is 0.934. The summed E-state index contributed by atoms with van der Waals surface area (Å²) >= 11 is 0. The van der Waals surface area contributed by atoms with Gasteiger partial charge in [0.25, 0.3) is 5.91 Å². The summed E-state index contributed by atoms with van der Waals surface area (Å²) in [6, 6.07) is 1.62. The Kier molecular flexibility index (Phi) is 4.19. The van der Waals surface area contributed by atoms with Crippen LogP contribution in [0.1, 0.15) is 17.0 Å². The molecule has 1 aromatic rings. The molecule has 1 aliphatic heterocycles. The first-order valence-electron chi connectivity index (χ1n) is 4.66. The minimum absolute atomic E-state index is 0.0532. The standard InChI is InChI=1S/C5H5N3O.C4H7NO2/c6-4(9)5-7-2-1-3-8-5;6-4(7)5-2-1-3-5/h1-3H,(H2,6,9);1-3H2,(H,6,7). The van der Waals surface area contributed by atoms with Crippen molar-refractivity contribution in [2.45, 2.75) is 6.42 Å². The van der Waals surface area contributed by atoms with E-state index in [9.17, 15) is 9.59 Å². The zero-order valence-electron chi connectivity index (χ0n) is 8.54. The lowest BCUT2D eigenvalue weighted by atomic mass is 10.2. The zero-order chi connectivity index (χ0) is 12.0. The molecule has 7 nitrogen and oxygen atoms in total. The number of carbonyl (C=O) groups is 2. The van der Waals surface area contributed by atoms with Gasteiger partial charge in [-0.2, -0.15) is 0 Å². The van der Waals surface area contributed by atoms with Crippen LogP contribution in [-0.4, -0.2) is 45.1 Å². The minimum atomic E-state index is -0.786. The van der Waals surface area contributed by atoms with Gasteiger partial charge in [-0.1, -0.05) is 0 Å². The third-order valence-electron chi connectivity index (χ3n) is 1.91. The molecule has 2 rings (SSSR count). The predicted octanol–water partition coefficient (Wildman–Crippen LogP) is -0.0544. The molecule has 7 heteroatoms. The first kappa shape index (κ1) is 11.9. The third kappa shape index (κ3) is 3.52. The maximum atomic E-state index is 10.3. The van der Waals surface area contributed by atoms with Crippen molar-refractivity contribution in [1.29, 1.82) is 0 Å². The fraction of sp³-hybridized carbons (Fsp3) is 0.333. The van der Waals surface area contributed by atoms with Crippen molar-refractivity contribution in [2.24, 2.45) is 5.73 Å². The molecule has 0 unspecified atom stereocenters. The summed E-state index contributed by atoms with van der Waals surface area (Å²) in [6.07, 6.45) is 3.18. The van der Waals surface area contributed by atoms with Crippen LogP contribution < -0.4 is 5.73 Å². The first-order chi connectivity index (χ1) is 7.61. The molecule has 1 aromatic heterocycles. The number of nitrogens with two attached hydrogens (primary N) is 1. The molecule has 0 atom stereocenters. The molecule has 1 saturated heterocycles. The van der Waals surface area contributed by atoms with Crippen molar-refractivity contribution < 1.29 is 14.7 Å². The van der Waals surface area contributed by atoms with Gasteiger partial charge in [-0.25, -0.2) is 14.8 Å². The molecule has 2 heterocycles. The molecule has 0 bridgehead atoms. The van der Waals surface area contributed by atoms with Crippen molar-refractivity contribution in [2.75, 3.05) is 13.1 Å². The lowest BCUT2D eigenvalue weighted by Gasteiger charge is -2.27. The van der Waals surface area contributed by atoms with Crippen molar-refractivity contribution >= 4 is 12.0 Å². The minimum Gasteiger partial charge on any atom is -0.465 e. The fourth-order valence-corrected chi connectivity index (χ4v) is 0.934. The van der Waals surface area contributed by atoms with Crippen LogP contribution in [0.3, 0.4) is 0 Å². The summed E-state index contributed by atoms with van der Waals surface area (Å²) in [5, 5.41) is 8.16. The number of carbonyl (C=O) groups excluding carboxylic acids is 1. The van der Waals surface area contributed by atoms with Gasteiger partial charge in [0, 0.05) is 25.5 Å². The van der Waals surface area contributed by atoms with E-state index in [0.29, 0.717) is 0 Å². The summed E-state index contributed by atoms with van der Waals surface area (Å²) in [5.74, 6) is -0.548. The number of primary amides is 1. The van der Waals surface area contributed by atoms with Crippen molar-refractivity contribution in [1.82, 2.24) is 14.9 Å². The van der Waals surface area contributed by atoms with E-state index in [4.69, 9.17) is 10.8 Å². The molecule has 0 aromatic carbocycles. The molecule has 0 saturated carbocycles. The highest BCUT2D eigenvalue weighted by atomic mass is 16.4. The summed E-state index contributed by atoms with van der Waals surface area (Å²) < 4.78 is 0. The van der Waals surface area contributed by atoms with Crippen LogP contribution in [0.15, 0.2) is 18.5 Å². The number of likely N-dealkylation sites (tertiary alicyclic amines) is 1. The van der Waals surface area contributed by atoms with Crippen LogP contribution in [0, 0.1) is 0 Å². The third-order valence-corrected chi connectivity index (χ3v) is 1.91. The predicted molar refractivity (Wildman–Crippen MR) is 54.8 cm³/mol. The van der Waals surface area contributed by atoms with Crippen LogP contribution in [0.25, 0.3) is 0 Å². The molecule has 16 heavy (non-hydrogen) atoms. The number of nitrogens with zero attached hydrogens (tertiary/aromatic N) is 3. The summed E-state index contributed by atoms with van der Waals surface area (Å²) in [5.41, 5.74) is 4.85. The molecule has 0 spiro atoms. The number of aromatic nitrogens is 2. The highest BCUT2D eigenvalue weighted by Gasteiger charge is 2.17. The molecular weight excluding hydrogens is 212 g/mol. The van der Waals surface area contributed by atoms with Crippen LogP contribution in [0.5, 0.6) is 0 Å². The van der Waals surface area contributed by atoms with Gasteiger partial charge < -0.3 is 15.7 Å². The van der Waals surface area contributed by atoms with Gasteiger partial charge in [-0.3, -0.25) is 4.79 Å². The Bertz CT molecular complexity index is 364. The maximum Gasteiger partial charge on any atom is 0.407 e. The number of rotatable bonds is 1. The molecule has 3 N–H and O–H groups in total. The SMILES string of the molecule is NC(=O)c1ncccn1.O=C(O)N1CCC1. The Morgan fingerprint density at radius 3 is 2.06 bits per heavy atom. The Morgan fingerprint density at radius 1 is 1.31 bits per heavy atom.